The maximum Gasteiger partial charge on any atom is 0.337 e. The summed E-state index contributed by atoms with van der Waals surface area (Å²) in [6.07, 6.45) is 0.722. The lowest BCUT2D eigenvalue weighted by molar-refractivity contribution is -0.116. The minimum absolute atomic E-state index is 0.214. The predicted molar refractivity (Wildman–Crippen MR) is 126 cm³/mol. The van der Waals surface area contributed by atoms with Crippen molar-refractivity contribution in [2.45, 2.75) is 26.8 Å². The molecule has 4 rings (SSSR count). The number of fused-ring (bicyclic) bond motifs is 1. The second-order valence-corrected chi connectivity index (χ2v) is 8.74. The Morgan fingerprint density at radius 1 is 1.10 bits per heavy atom. The number of nitrogens with one attached hydrogen (secondary N) is 1. The quantitative estimate of drug-likeness (QED) is 0.487. The molecule has 4 aromatic rings. The van der Waals surface area contributed by atoms with Crippen molar-refractivity contribution in [1.29, 1.82) is 0 Å². The molecule has 1 N–H and O–H groups in total. The van der Waals surface area contributed by atoms with Gasteiger partial charge in [0.1, 0.15) is 11.4 Å². The minimum atomic E-state index is -0.580. The number of rotatable bonds is 5. The number of aromatic nitrogens is 2. The van der Waals surface area contributed by atoms with E-state index in [9.17, 15) is 14.4 Å². The van der Waals surface area contributed by atoms with Gasteiger partial charge >= 0.3 is 5.69 Å². The summed E-state index contributed by atoms with van der Waals surface area (Å²) < 4.78 is 2.42. The number of aryl methyl sites for hydroxylation is 2. The zero-order valence-electron chi connectivity index (χ0n) is 17.0. The van der Waals surface area contributed by atoms with Gasteiger partial charge in [-0.3, -0.25) is 14.2 Å². The van der Waals surface area contributed by atoms with Gasteiger partial charge in [-0.25, -0.2) is 9.36 Å². The molecule has 31 heavy (non-hydrogen) atoms. The van der Waals surface area contributed by atoms with E-state index in [4.69, 9.17) is 11.6 Å². The zero-order chi connectivity index (χ0) is 22.1. The fraction of sp³-hybridized carbons (Fsp3) is 0.174. The van der Waals surface area contributed by atoms with E-state index in [1.807, 2.05) is 32.0 Å². The average Bonchev–Trinajstić information content (AvgIpc) is 3.16. The first-order valence-corrected chi connectivity index (χ1v) is 11.0. The second-order valence-electron chi connectivity index (χ2n) is 7.19. The van der Waals surface area contributed by atoms with Crippen LogP contribution < -0.4 is 16.6 Å². The summed E-state index contributed by atoms with van der Waals surface area (Å²) in [5.41, 5.74) is 1.02. The number of hydrogen-bond donors (Lipinski definition) is 1. The molecule has 0 aliphatic rings. The van der Waals surface area contributed by atoms with Gasteiger partial charge in [0.15, 0.2) is 0 Å². The van der Waals surface area contributed by atoms with Gasteiger partial charge in [-0.1, -0.05) is 36.7 Å². The molecule has 0 aliphatic heterocycles. The summed E-state index contributed by atoms with van der Waals surface area (Å²) in [6, 6.07) is 15.8. The molecule has 0 saturated heterocycles. The van der Waals surface area contributed by atoms with E-state index in [-0.39, 0.29) is 12.5 Å². The average molecular weight is 454 g/mol. The highest BCUT2D eigenvalue weighted by molar-refractivity contribution is 7.18. The highest BCUT2D eigenvalue weighted by Crippen LogP contribution is 2.23. The maximum absolute atomic E-state index is 13.4. The molecular weight excluding hydrogens is 434 g/mol. The van der Waals surface area contributed by atoms with E-state index in [2.05, 4.69) is 5.32 Å². The van der Waals surface area contributed by atoms with Crippen LogP contribution in [0.5, 0.6) is 0 Å². The summed E-state index contributed by atoms with van der Waals surface area (Å²) in [5, 5.41) is 3.64. The number of hydrogen-bond acceptors (Lipinski definition) is 4. The molecule has 0 radical (unpaired) electrons. The predicted octanol–water partition coefficient (Wildman–Crippen LogP) is 4.38. The van der Waals surface area contributed by atoms with Gasteiger partial charge in [-0.2, -0.15) is 0 Å². The first-order valence-electron chi connectivity index (χ1n) is 9.78. The number of carbonyl (C=O) groups excluding carboxylic acids is 1. The topological polar surface area (TPSA) is 73.1 Å². The number of carbonyl (C=O) groups is 1. The molecule has 0 saturated carbocycles. The van der Waals surface area contributed by atoms with E-state index in [1.54, 1.807) is 36.4 Å². The van der Waals surface area contributed by atoms with Crippen molar-refractivity contribution in [3.63, 3.8) is 0 Å². The van der Waals surface area contributed by atoms with Crippen molar-refractivity contribution in [1.82, 2.24) is 9.13 Å². The minimum Gasteiger partial charge on any atom is -0.325 e. The summed E-state index contributed by atoms with van der Waals surface area (Å²) in [4.78, 5) is 40.8. The summed E-state index contributed by atoms with van der Waals surface area (Å²) >= 11 is 7.44. The third kappa shape index (κ3) is 4.19. The van der Waals surface area contributed by atoms with Crippen molar-refractivity contribution in [2.75, 3.05) is 5.32 Å². The molecule has 158 valence electrons. The van der Waals surface area contributed by atoms with E-state index in [0.29, 0.717) is 26.6 Å². The van der Waals surface area contributed by atoms with Gasteiger partial charge in [-0.05, 0) is 55.3 Å². The molecule has 2 heterocycles. The van der Waals surface area contributed by atoms with Crippen molar-refractivity contribution in [3.05, 3.63) is 90.9 Å². The first kappa shape index (κ1) is 21.1. The Kier molecular flexibility index (Phi) is 5.80. The molecule has 6 nitrogen and oxygen atoms in total. The van der Waals surface area contributed by atoms with Crippen molar-refractivity contribution >= 4 is 44.7 Å². The Morgan fingerprint density at radius 2 is 1.87 bits per heavy atom. The van der Waals surface area contributed by atoms with Crippen LogP contribution in [0.2, 0.25) is 5.02 Å². The van der Waals surface area contributed by atoms with Gasteiger partial charge in [0.2, 0.25) is 5.91 Å². The molecular formula is C23H20ClN3O3S. The van der Waals surface area contributed by atoms with Crippen LogP contribution in [0.15, 0.2) is 64.2 Å². The lowest BCUT2D eigenvalue weighted by Crippen LogP contribution is -2.40. The Morgan fingerprint density at radius 3 is 2.58 bits per heavy atom. The van der Waals surface area contributed by atoms with Crippen molar-refractivity contribution < 1.29 is 4.79 Å². The SMILES string of the molecule is CCc1cc2c(=O)n(-c3cccc(Cl)c3)c(=O)n(CC(=O)Nc3cccc(C)c3)c2s1. The smallest absolute Gasteiger partial charge is 0.325 e. The lowest BCUT2D eigenvalue weighted by Gasteiger charge is -2.12. The Bertz CT molecular complexity index is 1420. The normalized spacial score (nSPS) is 11.1. The van der Waals surface area contributed by atoms with E-state index >= 15 is 0 Å². The van der Waals surface area contributed by atoms with Gasteiger partial charge in [0.25, 0.3) is 5.56 Å². The Balaban J connectivity index is 1.85. The molecule has 0 fully saturated rings. The van der Waals surface area contributed by atoms with E-state index < -0.39 is 11.2 Å². The largest absolute Gasteiger partial charge is 0.337 e. The molecule has 1 amide bonds. The number of thiophene rings is 1. The molecule has 0 atom stereocenters. The molecule has 2 aromatic heterocycles. The van der Waals surface area contributed by atoms with E-state index in [1.165, 1.54) is 15.9 Å². The number of nitrogens with zero attached hydrogens (tertiary/aromatic N) is 2. The second kappa shape index (κ2) is 8.53. The highest BCUT2D eigenvalue weighted by atomic mass is 35.5. The van der Waals surface area contributed by atoms with Crippen LogP contribution in [0.1, 0.15) is 17.4 Å². The van der Waals surface area contributed by atoms with Gasteiger partial charge in [0, 0.05) is 15.6 Å². The highest BCUT2D eigenvalue weighted by Gasteiger charge is 2.19. The van der Waals surface area contributed by atoms with E-state index in [0.717, 1.165) is 21.4 Å². The fourth-order valence-electron chi connectivity index (χ4n) is 3.42. The molecule has 0 spiro atoms. The summed E-state index contributed by atoms with van der Waals surface area (Å²) in [6.45, 7) is 3.70. The third-order valence-corrected chi connectivity index (χ3v) is 6.42. The number of benzene rings is 2. The summed E-state index contributed by atoms with van der Waals surface area (Å²) in [5.74, 6) is -0.350. The van der Waals surface area contributed by atoms with Crippen LogP contribution in [0.4, 0.5) is 5.69 Å². The zero-order valence-corrected chi connectivity index (χ0v) is 18.6. The molecule has 8 heteroatoms. The van der Waals surface area contributed by atoms with Crippen LogP contribution in [0.3, 0.4) is 0 Å². The molecule has 0 bridgehead atoms. The van der Waals surface area contributed by atoms with Crippen LogP contribution in [0.25, 0.3) is 15.9 Å². The third-order valence-electron chi connectivity index (χ3n) is 4.88. The summed E-state index contributed by atoms with van der Waals surface area (Å²) in [7, 11) is 0. The van der Waals surface area contributed by atoms with Crippen LogP contribution in [0, 0.1) is 6.92 Å². The van der Waals surface area contributed by atoms with Crippen molar-refractivity contribution in [3.8, 4) is 5.69 Å². The van der Waals surface area contributed by atoms with Crippen LogP contribution in [-0.2, 0) is 17.8 Å². The fourth-order valence-corrected chi connectivity index (χ4v) is 4.69. The van der Waals surface area contributed by atoms with Gasteiger partial charge in [0.05, 0.1) is 11.1 Å². The molecule has 0 aliphatic carbocycles. The van der Waals surface area contributed by atoms with Crippen LogP contribution >= 0.6 is 22.9 Å². The number of anilines is 1. The van der Waals surface area contributed by atoms with Crippen LogP contribution in [-0.4, -0.2) is 15.0 Å². The maximum atomic E-state index is 13.4. The molecule has 0 unspecified atom stereocenters. The van der Waals surface area contributed by atoms with Crippen molar-refractivity contribution in [2.24, 2.45) is 0 Å². The monoisotopic (exact) mass is 453 g/mol. The number of halogens is 1. The Labute approximate surface area is 187 Å². The van der Waals surface area contributed by atoms with Gasteiger partial charge < -0.3 is 5.32 Å². The first-order chi connectivity index (χ1) is 14.9. The molecule has 2 aromatic carbocycles. The standard InChI is InChI=1S/C23H20ClN3O3S/c1-3-18-12-19-21(29)27(17-9-5-7-15(24)11-17)23(30)26(22(19)31-18)13-20(28)25-16-8-4-6-14(2)10-16/h4-12H,3,13H2,1-2H3,(H,25,28). The van der Waals surface area contributed by atoms with Gasteiger partial charge in [-0.15, -0.1) is 11.3 Å². The lowest BCUT2D eigenvalue weighted by atomic mass is 10.2. The Hall–Kier alpha value is -3.16. The number of amides is 1.